The monoisotopic (exact) mass is 394 g/mol. The van der Waals surface area contributed by atoms with Gasteiger partial charge in [0.05, 0.1) is 6.54 Å². The van der Waals surface area contributed by atoms with Crippen molar-refractivity contribution >= 4 is 45.6 Å². The van der Waals surface area contributed by atoms with Crippen LogP contribution in [0.4, 0.5) is 0 Å². The zero-order valence-electron chi connectivity index (χ0n) is 12.4. The van der Waals surface area contributed by atoms with Crippen molar-refractivity contribution in [1.82, 2.24) is 4.90 Å². The molecule has 120 valence electrons. The van der Waals surface area contributed by atoms with E-state index in [4.69, 9.17) is 5.73 Å². The standard InChI is InChI=1S/C15H23BrN2OS.ClH/c1-18(9-13-7-12(16)10-20-13)14(19)8-15(11-17)5-3-2-4-6-15;/h7,10H,2-6,8-9,11,17H2,1H3;1H. The molecule has 6 heteroatoms. The van der Waals surface area contributed by atoms with Crippen molar-refractivity contribution in [2.75, 3.05) is 13.6 Å². The lowest BCUT2D eigenvalue weighted by atomic mass is 9.71. The number of amides is 1. The van der Waals surface area contributed by atoms with Crippen LogP contribution in [-0.4, -0.2) is 24.4 Å². The first-order chi connectivity index (χ1) is 9.54. The average Bonchev–Trinajstić information content (AvgIpc) is 2.85. The number of thiophene rings is 1. The molecule has 0 atom stereocenters. The number of nitrogens with zero attached hydrogens (tertiary/aromatic N) is 1. The van der Waals surface area contributed by atoms with Gasteiger partial charge in [-0.3, -0.25) is 4.79 Å². The van der Waals surface area contributed by atoms with Crippen molar-refractivity contribution in [2.45, 2.75) is 45.1 Å². The Labute approximate surface area is 145 Å². The minimum atomic E-state index is 0. The van der Waals surface area contributed by atoms with E-state index < -0.39 is 0 Å². The van der Waals surface area contributed by atoms with Crippen LogP contribution in [0.3, 0.4) is 0 Å². The van der Waals surface area contributed by atoms with Gasteiger partial charge >= 0.3 is 0 Å². The molecule has 1 aliphatic rings. The van der Waals surface area contributed by atoms with Gasteiger partial charge in [-0.15, -0.1) is 23.7 Å². The highest BCUT2D eigenvalue weighted by Gasteiger charge is 2.33. The molecule has 1 amide bonds. The zero-order chi connectivity index (χ0) is 14.6. The van der Waals surface area contributed by atoms with Crippen molar-refractivity contribution in [3.63, 3.8) is 0 Å². The number of hydrogen-bond acceptors (Lipinski definition) is 3. The van der Waals surface area contributed by atoms with E-state index >= 15 is 0 Å². The summed E-state index contributed by atoms with van der Waals surface area (Å²) in [7, 11) is 1.89. The molecular weight excluding hydrogens is 372 g/mol. The van der Waals surface area contributed by atoms with Crippen LogP contribution < -0.4 is 5.73 Å². The average molecular weight is 396 g/mol. The van der Waals surface area contributed by atoms with Crippen LogP contribution in [0.2, 0.25) is 0 Å². The van der Waals surface area contributed by atoms with E-state index in [0.29, 0.717) is 19.5 Å². The Morgan fingerprint density at radius 1 is 1.43 bits per heavy atom. The third kappa shape index (κ3) is 5.23. The van der Waals surface area contributed by atoms with Crippen molar-refractivity contribution in [2.24, 2.45) is 11.1 Å². The smallest absolute Gasteiger partial charge is 0.223 e. The maximum absolute atomic E-state index is 12.4. The lowest BCUT2D eigenvalue weighted by molar-refractivity contribution is -0.133. The first kappa shape index (κ1) is 18.9. The molecule has 0 aliphatic heterocycles. The second kappa shape index (κ2) is 8.51. The quantitative estimate of drug-likeness (QED) is 0.812. The van der Waals surface area contributed by atoms with E-state index in [-0.39, 0.29) is 23.7 Å². The number of halogens is 2. The van der Waals surface area contributed by atoms with Gasteiger partial charge in [-0.05, 0) is 46.8 Å². The predicted octanol–water partition coefficient (Wildman–Crippen LogP) is 4.19. The highest BCUT2D eigenvalue weighted by atomic mass is 79.9. The van der Waals surface area contributed by atoms with E-state index in [9.17, 15) is 4.79 Å². The van der Waals surface area contributed by atoms with Crippen LogP contribution in [-0.2, 0) is 11.3 Å². The molecule has 0 unspecified atom stereocenters. The molecule has 1 aromatic heterocycles. The third-order valence-corrected chi connectivity index (χ3v) is 6.00. The number of rotatable bonds is 5. The lowest BCUT2D eigenvalue weighted by Gasteiger charge is -2.36. The summed E-state index contributed by atoms with van der Waals surface area (Å²) in [5.41, 5.74) is 6.02. The van der Waals surface area contributed by atoms with Gasteiger partial charge in [-0.1, -0.05) is 19.3 Å². The van der Waals surface area contributed by atoms with E-state index in [1.165, 1.54) is 24.1 Å². The van der Waals surface area contributed by atoms with E-state index in [0.717, 1.165) is 17.3 Å². The first-order valence-corrected chi connectivity index (χ1v) is 8.89. The molecule has 0 spiro atoms. The van der Waals surface area contributed by atoms with Gasteiger partial charge in [-0.2, -0.15) is 0 Å². The van der Waals surface area contributed by atoms with Gasteiger partial charge in [0.25, 0.3) is 0 Å². The summed E-state index contributed by atoms with van der Waals surface area (Å²) in [5.74, 6) is 0.224. The molecule has 1 aromatic rings. The highest BCUT2D eigenvalue weighted by molar-refractivity contribution is 9.10. The van der Waals surface area contributed by atoms with Crippen LogP contribution in [0.5, 0.6) is 0 Å². The molecule has 2 N–H and O–H groups in total. The fraction of sp³-hybridized carbons (Fsp3) is 0.667. The number of nitrogens with two attached hydrogens (primary N) is 1. The fourth-order valence-corrected chi connectivity index (χ4v) is 4.47. The maximum atomic E-state index is 12.4. The minimum absolute atomic E-state index is 0. The largest absolute Gasteiger partial charge is 0.341 e. The molecule has 0 bridgehead atoms. The van der Waals surface area contributed by atoms with E-state index in [1.807, 2.05) is 11.9 Å². The molecule has 1 aliphatic carbocycles. The molecule has 2 rings (SSSR count). The van der Waals surface area contributed by atoms with Crippen molar-refractivity contribution in [1.29, 1.82) is 0 Å². The number of carbonyl (C=O) groups is 1. The summed E-state index contributed by atoms with van der Waals surface area (Å²) in [4.78, 5) is 15.5. The number of carbonyl (C=O) groups excluding carboxylic acids is 1. The second-order valence-electron chi connectivity index (χ2n) is 5.92. The van der Waals surface area contributed by atoms with Crippen LogP contribution >= 0.6 is 39.7 Å². The van der Waals surface area contributed by atoms with Gasteiger partial charge in [0.2, 0.25) is 5.91 Å². The summed E-state index contributed by atoms with van der Waals surface area (Å²) in [5, 5.41) is 2.05. The van der Waals surface area contributed by atoms with Crippen LogP contribution in [0.1, 0.15) is 43.4 Å². The topological polar surface area (TPSA) is 46.3 Å². The van der Waals surface area contributed by atoms with Gasteiger partial charge in [0.15, 0.2) is 0 Å². The molecule has 1 saturated carbocycles. The highest BCUT2D eigenvalue weighted by Crippen LogP contribution is 2.38. The molecule has 1 heterocycles. The summed E-state index contributed by atoms with van der Waals surface area (Å²) < 4.78 is 1.09. The van der Waals surface area contributed by atoms with Crippen molar-refractivity contribution in [3.8, 4) is 0 Å². The Bertz CT molecular complexity index is 460. The molecule has 0 aromatic carbocycles. The van der Waals surface area contributed by atoms with Crippen LogP contribution in [0.15, 0.2) is 15.9 Å². The van der Waals surface area contributed by atoms with Gasteiger partial charge in [0.1, 0.15) is 0 Å². The fourth-order valence-electron chi connectivity index (χ4n) is 2.97. The Balaban J connectivity index is 0.00000220. The van der Waals surface area contributed by atoms with Crippen molar-refractivity contribution in [3.05, 3.63) is 20.8 Å². The molecule has 21 heavy (non-hydrogen) atoms. The first-order valence-electron chi connectivity index (χ1n) is 7.22. The third-order valence-electron chi connectivity index (χ3n) is 4.31. The maximum Gasteiger partial charge on any atom is 0.223 e. The van der Waals surface area contributed by atoms with E-state index in [1.54, 1.807) is 11.3 Å². The normalized spacial score (nSPS) is 17.1. The minimum Gasteiger partial charge on any atom is -0.341 e. The molecular formula is C15H24BrClN2OS. The van der Waals surface area contributed by atoms with Crippen LogP contribution in [0, 0.1) is 5.41 Å². The zero-order valence-corrected chi connectivity index (χ0v) is 15.7. The van der Waals surface area contributed by atoms with E-state index in [2.05, 4.69) is 27.4 Å². The second-order valence-corrected chi connectivity index (χ2v) is 7.83. The Kier molecular flexibility index (Phi) is 7.68. The molecule has 0 saturated heterocycles. The summed E-state index contributed by atoms with van der Waals surface area (Å²) >= 11 is 5.13. The SMILES string of the molecule is CN(Cc1cc(Br)cs1)C(=O)CC1(CN)CCCCC1.Cl. The lowest BCUT2D eigenvalue weighted by Crippen LogP contribution is -2.39. The van der Waals surface area contributed by atoms with Gasteiger partial charge in [-0.25, -0.2) is 0 Å². The van der Waals surface area contributed by atoms with Gasteiger partial charge in [0, 0.05) is 28.2 Å². The summed E-state index contributed by atoms with van der Waals surface area (Å²) in [6.07, 6.45) is 6.53. The summed E-state index contributed by atoms with van der Waals surface area (Å²) in [6.45, 7) is 1.33. The molecule has 1 fully saturated rings. The molecule has 0 radical (unpaired) electrons. The Hall–Kier alpha value is -0.100. The summed E-state index contributed by atoms with van der Waals surface area (Å²) in [6, 6.07) is 2.08. The predicted molar refractivity (Wildman–Crippen MR) is 94.9 cm³/mol. The molecule has 3 nitrogen and oxygen atoms in total. The van der Waals surface area contributed by atoms with Crippen LogP contribution in [0.25, 0.3) is 0 Å². The van der Waals surface area contributed by atoms with Crippen molar-refractivity contribution < 1.29 is 4.79 Å². The number of hydrogen-bond donors (Lipinski definition) is 1. The van der Waals surface area contributed by atoms with Gasteiger partial charge < -0.3 is 10.6 Å². The Morgan fingerprint density at radius 2 is 2.10 bits per heavy atom. The Morgan fingerprint density at radius 3 is 2.62 bits per heavy atom.